The first kappa shape index (κ1) is 12.2. The van der Waals surface area contributed by atoms with E-state index >= 15 is 0 Å². The van der Waals surface area contributed by atoms with E-state index < -0.39 is 0 Å². The molecule has 3 nitrogen and oxygen atoms in total. The summed E-state index contributed by atoms with van der Waals surface area (Å²) in [5.41, 5.74) is 1.03. The van der Waals surface area contributed by atoms with Crippen LogP contribution >= 0.6 is 0 Å². The maximum atomic E-state index is 5.82. The fourth-order valence-corrected chi connectivity index (χ4v) is 1.54. The molecule has 1 aliphatic carbocycles. The highest BCUT2D eigenvalue weighted by Gasteiger charge is 2.24. The van der Waals surface area contributed by atoms with Gasteiger partial charge in [0.15, 0.2) is 0 Å². The third kappa shape index (κ3) is 3.62. The van der Waals surface area contributed by atoms with Crippen molar-refractivity contribution in [1.82, 2.24) is 4.98 Å². The van der Waals surface area contributed by atoms with E-state index in [2.05, 4.69) is 18.8 Å². The lowest BCUT2D eigenvalue weighted by atomic mass is 10.1. The van der Waals surface area contributed by atoms with Gasteiger partial charge in [-0.15, -0.1) is 0 Å². The van der Waals surface area contributed by atoms with Crippen molar-refractivity contribution in [3.05, 3.63) is 17.8 Å². The Morgan fingerprint density at radius 2 is 1.88 bits per heavy atom. The number of ether oxygens (including phenoxy) is 2. The molecule has 94 valence electrons. The largest absolute Gasteiger partial charge is 0.490 e. The van der Waals surface area contributed by atoms with Gasteiger partial charge in [-0.05, 0) is 32.6 Å². The monoisotopic (exact) mass is 235 g/mol. The summed E-state index contributed by atoms with van der Waals surface area (Å²) in [5.74, 6) is 1.94. The molecule has 17 heavy (non-hydrogen) atoms. The molecule has 3 heteroatoms. The van der Waals surface area contributed by atoms with Crippen LogP contribution in [0, 0.1) is 0 Å². The topological polar surface area (TPSA) is 31.4 Å². The highest BCUT2D eigenvalue weighted by molar-refractivity contribution is 5.32. The van der Waals surface area contributed by atoms with Crippen molar-refractivity contribution in [3.8, 4) is 11.6 Å². The number of pyridine rings is 1. The Labute approximate surface area is 103 Å². The molecule has 2 rings (SSSR count). The summed E-state index contributed by atoms with van der Waals surface area (Å²) in [6.07, 6.45) is 2.88. The first-order valence-corrected chi connectivity index (χ1v) is 6.40. The Balaban J connectivity index is 2.20. The minimum atomic E-state index is 0.138. The summed E-state index contributed by atoms with van der Waals surface area (Å²) >= 11 is 0. The number of rotatable bonds is 5. The van der Waals surface area contributed by atoms with Crippen molar-refractivity contribution in [1.29, 1.82) is 0 Å². The van der Waals surface area contributed by atoms with Crippen molar-refractivity contribution < 1.29 is 9.47 Å². The maximum Gasteiger partial charge on any atom is 0.217 e. The Bertz CT molecular complexity index is 362. The van der Waals surface area contributed by atoms with Gasteiger partial charge in [0.1, 0.15) is 5.75 Å². The SMILES string of the molecule is CC(C)Oc1cc(OC2CC2)cc(C(C)C)n1. The van der Waals surface area contributed by atoms with E-state index in [0.717, 1.165) is 11.4 Å². The van der Waals surface area contributed by atoms with Crippen LogP contribution in [0.15, 0.2) is 12.1 Å². The van der Waals surface area contributed by atoms with Crippen LogP contribution in [0.3, 0.4) is 0 Å². The molecule has 0 aromatic carbocycles. The average Bonchev–Trinajstić information content (AvgIpc) is 3.00. The van der Waals surface area contributed by atoms with Crippen molar-refractivity contribution in [2.75, 3.05) is 0 Å². The molecule has 0 amide bonds. The van der Waals surface area contributed by atoms with Crippen LogP contribution in [0.25, 0.3) is 0 Å². The molecule has 0 atom stereocenters. The summed E-state index contributed by atoms with van der Waals surface area (Å²) in [6, 6.07) is 3.92. The first-order chi connectivity index (χ1) is 8.04. The predicted molar refractivity (Wildman–Crippen MR) is 67.7 cm³/mol. The molecular formula is C14H21NO2. The van der Waals surface area contributed by atoms with Gasteiger partial charge in [-0.3, -0.25) is 0 Å². The summed E-state index contributed by atoms with van der Waals surface area (Å²) in [4.78, 5) is 4.50. The second-order valence-electron chi connectivity index (χ2n) is 5.20. The van der Waals surface area contributed by atoms with Crippen LogP contribution in [0.4, 0.5) is 0 Å². The standard InChI is InChI=1S/C14H21NO2/c1-9(2)13-7-12(17-11-5-6-11)8-14(15-13)16-10(3)4/h7-11H,5-6H2,1-4H3. The van der Waals surface area contributed by atoms with Crippen LogP contribution in [-0.4, -0.2) is 17.2 Å². The van der Waals surface area contributed by atoms with E-state index in [-0.39, 0.29) is 6.10 Å². The average molecular weight is 235 g/mol. The fraction of sp³-hybridized carbons (Fsp3) is 0.643. The Kier molecular flexibility index (Phi) is 3.55. The van der Waals surface area contributed by atoms with E-state index in [9.17, 15) is 0 Å². The van der Waals surface area contributed by atoms with Gasteiger partial charge < -0.3 is 9.47 Å². The molecule has 1 aromatic rings. The Hall–Kier alpha value is -1.25. The van der Waals surface area contributed by atoms with Gasteiger partial charge in [-0.25, -0.2) is 4.98 Å². The van der Waals surface area contributed by atoms with Crippen LogP contribution in [0.5, 0.6) is 11.6 Å². The highest BCUT2D eigenvalue weighted by Crippen LogP contribution is 2.30. The van der Waals surface area contributed by atoms with Crippen molar-refractivity contribution in [2.45, 2.75) is 58.7 Å². The van der Waals surface area contributed by atoms with Crippen LogP contribution in [0.2, 0.25) is 0 Å². The van der Waals surface area contributed by atoms with E-state index in [1.807, 2.05) is 26.0 Å². The highest BCUT2D eigenvalue weighted by atomic mass is 16.5. The third-order valence-corrected chi connectivity index (χ3v) is 2.57. The molecule has 1 heterocycles. The molecule has 0 aliphatic heterocycles. The zero-order valence-corrected chi connectivity index (χ0v) is 11.1. The molecule has 1 aromatic heterocycles. The number of nitrogens with zero attached hydrogens (tertiary/aromatic N) is 1. The Morgan fingerprint density at radius 3 is 2.41 bits per heavy atom. The third-order valence-electron chi connectivity index (χ3n) is 2.57. The van der Waals surface area contributed by atoms with E-state index in [1.54, 1.807) is 0 Å². The zero-order valence-electron chi connectivity index (χ0n) is 11.1. The molecule has 1 saturated carbocycles. The smallest absolute Gasteiger partial charge is 0.217 e. The van der Waals surface area contributed by atoms with Crippen LogP contribution in [0.1, 0.15) is 52.1 Å². The lowest BCUT2D eigenvalue weighted by Crippen LogP contribution is -2.09. The first-order valence-electron chi connectivity index (χ1n) is 6.40. The summed E-state index contributed by atoms with van der Waals surface area (Å²) in [7, 11) is 0. The van der Waals surface area contributed by atoms with Gasteiger partial charge in [0, 0.05) is 12.1 Å². The van der Waals surface area contributed by atoms with Gasteiger partial charge in [0.05, 0.1) is 17.9 Å². The lowest BCUT2D eigenvalue weighted by Gasteiger charge is -2.14. The molecule has 1 fully saturated rings. The van der Waals surface area contributed by atoms with Crippen molar-refractivity contribution in [2.24, 2.45) is 0 Å². The number of hydrogen-bond donors (Lipinski definition) is 0. The van der Waals surface area contributed by atoms with Gasteiger partial charge in [0.2, 0.25) is 5.88 Å². The fourth-order valence-electron chi connectivity index (χ4n) is 1.54. The quantitative estimate of drug-likeness (QED) is 0.782. The van der Waals surface area contributed by atoms with Crippen LogP contribution < -0.4 is 9.47 Å². The molecule has 1 aliphatic rings. The van der Waals surface area contributed by atoms with Gasteiger partial charge in [0.25, 0.3) is 0 Å². The van der Waals surface area contributed by atoms with E-state index in [1.165, 1.54) is 12.8 Å². The second kappa shape index (κ2) is 4.94. The van der Waals surface area contributed by atoms with Crippen molar-refractivity contribution in [3.63, 3.8) is 0 Å². The predicted octanol–water partition coefficient (Wildman–Crippen LogP) is 3.53. The maximum absolute atomic E-state index is 5.82. The van der Waals surface area contributed by atoms with Crippen molar-refractivity contribution >= 4 is 0 Å². The summed E-state index contributed by atoms with van der Waals surface area (Å²) < 4.78 is 11.5. The summed E-state index contributed by atoms with van der Waals surface area (Å²) in [6.45, 7) is 8.26. The van der Waals surface area contributed by atoms with Gasteiger partial charge >= 0.3 is 0 Å². The Morgan fingerprint density at radius 1 is 1.18 bits per heavy atom. The van der Waals surface area contributed by atoms with Crippen LogP contribution in [-0.2, 0) is 0 Å². The number of hydrogen-bond acceptors (Lipinski definition) is 3. The summed E-state index contributed by atoms with van der Waals surface area (Å²) in [5, 5.41) is 0. The van der Waals surface area contributed by atoms with E-state index in [0.29, 0.717) is 17.9 Å². The molecule has 0 spiro atoms. The minimum Gasteiger partial charge on any atom is -0.490 e. The molecule has 0 unspecified atom stereocenters. The molecular weight excluding hydrogens is 214 g/mol. The molecule has 0 N–H and O–H groups in total. The molecule has 0 bridgehead atoms. The zero-order chi connectivity index (χ0) is 12.4. The molecule has 0 radical (unpaired) electrons. The van der Waals surface area contributed by atoms with E-state index in [4.69, 9.17) is 9.47 Å². The van der Waals surface area contributed by atoms with Gasteiger partial charge in [-0.1, -0.05) is 13.8 Å². The minimum absolute atomic E-state index is 0.138. The lowest BCUT2D eigenvalue weighted by molar-refractivity contribution is 0.228. The number of aromatic nitrogens is 1. The van der Waals surface area contributed by atoms with Gasteiger partial charge in [-0.2, -0.15) is 0 Å². The molecule has 0 saturated heterocycles. The second-order valence-corrected chi connectivity index (χ2v) is 5.20. The normalized spacial score (nSPS) is 15.4.